The van der Waals surface area contributed by atoms with Gasteiger partial charge in [-0.05, 0) is 13.1 Å². The second-order valence-corrected chi connectivity index (χ2v) is 2.34. The van der Waals surface area contributed by atoms with Crippen molar-refractivity contribution in [3.8, 4) is 0 Å². The summed E-state index contributed by atoms with van der Waals surface area (Å²) in [6.45, 7) is 10.5. The highest BCUT2D eigenvalue weighted by atomic mass is 16.5. The van der Waals surface area contributed by atoms with Crippen LogP contribution >= 0.6 is 0 Å². The predicted octanol–water partition coefficient (Wildman–Crippen LogP) is 1.18. The van der Waals surface area contributed by atoms with Gasteiger partial charge in [-0.1, -0.05) is 13.2 Å². The molecule has 0 aliphatic carbocycles. The van der Waals surface area contributed by atoms with Crippen LogP contribution in [0.25, 0.3) is 0 Å². The Bertz CT molecular complexity index is 187. The van der Waals surface area contributed by atoms with E-state index in [9.17, 15) is 4.79 Å². The van der Waals surface area contributed by atoms with Crippen LogP contribution in [-0.4, -0.2) is 31.1 Å². The lowest BCUT2D eigenvalue weighted by atomic mass is 10.3. The van der Waals surface area contributed by atoms with Gasteiger partial charge in [0.1, 0.15) is 0 Å². The average Bonchev–Trinajstić information content (AvgIpc) is 2.12. The van der Waals surface area contributed by atoms with Gasteiger partial charge in [0, 0.05) is 18.7 Å². The Kier molecular flexibility index (Phi) is 4.84. The third kappa shape index (κ3) is 3.23. The summed E-state index contributed by atoms with van der Waals surface area (Å²) in [6.07, 6.45) is 1.67. The highest BCUT2D eigenvalue weighted by Gasteiger charge is 2.07. The van der Waals surface area contributed by atoms with Crippen molar-refractivity contribution < 1.29 is 9.53 Å². The van der Waals surface area contributed by atoms with Gasteiger partial charge in [-0.3, -0.25) is 0 Å². The minimum Gasteiger partial charge on any atom is -0.466 e. The molecule has 0 rings (SSSR count). The number of carbonyl (C=O) groups excluding carboxylic acids is 1. The van der Waals surface area contributed by atoms with E-state index in [4.69, 9.17) is 0 Å². The standard InChI is InChI=1S/C9H15NO2/c1-5-10(6-2)7-8(3)9(11)12-4/h5H,1,3,6-7H2,2,4H3. The molecule has 0 heterocycles. The molecule has 3 nitrogen and oxygen atoms in total. The van der Waals surface area contributed by atoms with Crippen LogP contribution in [0.15, 0.2) is 24.9 Å². The molecule has 0 bridgehead atoms. The smallest absolute Gasteiger partial charge is 0.334 e. The summed E-state index contributed by atoms with van der Waals surface area (Å²) in [5.74, 6) is -0.365. The maximum Gasteiger partial charge on any atom is 0.334 e. The molecule has 68 valence electrons. The molecule has 0 spiro atoms. The molecule has 12 heavy (non-hydrogen) atoms. The quantitative estimate of drug-likeness (QED) is 0.457. The first kappa shape index (κ1) is 10.8. The number of carbonyl (C=O) groups is 1. The Balaban J connectivity index is 3.98. The summed E-state index contributed by atoms with van der Waals surface area (Å²) in [7, 11) is 1.34. The number of ether oxygens (including phenoxy) is 1. The summed E-state index contributed by atoms with van der Waals surface area (Å²) in [6, 6.07) is 0. The lowest BCUT2D eigenvalue weighted by Crippen LogP contribution is -2.22. The number of esters is 1. The van der Waals surface area contributed by atoms with Gasteiger partial charge in [0.2, 0.25) is 0 Å². The maximum absolute atomic E-state index is 10.9. The van der Waals surface area contributed by atoms with Gasteiger partial charge >= 0.3 is 5.97 Å². The summed E-state index contributed by atoms with van der Waals surface area (Å²) >= 11 is 0. The van der Waals surface area contributed by atoms with E-state index >= 15 is 0 Å². The number of nitrogens with zero attached hydrogens (tertiary/aromatic N) is 1. The van der Waals surface area contributed by atoms with Crippen LogP contribution in [0.5, 0.6) is 0 Å². The largest absolute Gasteiger partial charge is 0.466 e. The summed E-state index contributed by atoms with van der Waals surface area (Å²) in [4.78, 5) is 12.8. The van der Waals surface area contributed by atoms with Crippen molar-refractivity contribution in [2.75, 3.05) is 20.2 Å². The molecule has 0 aliphatic rings. The van der Waals surface area contributed by atoms with Crippen LogP contribution in [0.2, 0.25) is 0 Å². The molecule has 0 saturated heterocycles. The van der Waals surface area contributed by atoms with E-state index in [1.165, 1.54) is 7.11 Å². The SMILES string of the molecule is C=CN(CC)CC(=C)C(=O)OC. The second kappa shape index (κ2) is 5.41. The lowest BCUT2D eigenvalue weighted by molar-refractivity contribution is -0.136. The van der Waals surface area contributed by atoms with Crippen molar-refractivity contribution in [1.82, 2.24) is 4.90 Å². The number of hydrogen-bond donors (Lipinski definition) is 0. The van der Waals surface area contributed by atoms with Gasteiger partial charge < -0.3 is 9.64 Å². The van der Waals surface area contributed by atoms with E-state index in [0.29, 0.717) is 12.1 Å². The minimum absolute atomic E-state index is 0.365. The van der Waals surface area contributed by atoms with Gasteiger partial charge in [0.15, 0.2) is 0 Å². The first-order chi connectivity index (χ1) is 5.65. The highest BCUT2D eigenvalue weighted by Crippen LogP contribution is 1.98. The Morgan fingerprint density at radius 3 is 2.58 bits per heavy atom. The molecular formula is C9H15NO2. The second-order valence-electron chi connectivity index (χ2n) is 2.34. The molecule has 0 N–H and O–H groups in total. The van der Waals surface area contributed by atoms with Crippen LogP contribution in [0.1, 0.15) is 6.92 Å². The van der Waals surface area contributed by atoms with E-state index in [-0.39, 0.29) is 5.97 Å². The molecule has 0 aromatic rings. The Hall–Kier alpha value is -1.25. The highest BCUT2D eigenvalue weighted by molar-refractivity contribution is 5.88. The van der Waals surface area contributed by atoms with E-state index in [1.54, 1.807) is 6.20 Å². The number of likely N-dealkylation sites (N-methyl/N-ethyl adjacent to an activating group) is 1. The van der Waals surface area contributed by atoms with E-state index in [0.717, 1.165) is 6.54 Å². The van der Waals surface area contributed by atoms with Crippen LogP contribution in [0, 0.1) is 0 Å². The van der Waals surface area contributed by atoms with Crippen molar-refractivity contribution in [3.63, 3.8) is 0 Å². The van der Waals surface area contributed by atoms with Gasteiger partial charge in [0.25, 0.3) is 0 Å². The van der Waals surface area contributed by atoms with Gasteiger partial charge in [0.05, 0.1) is 7.11 Å². The lowest BCUT2D eigenvalue weighted by Gasteiger charge is -2.17. The normalized spacial score (nSPS) is 8.83. The van der Waals surface area contributed by atoms with Crippen LogP contribution in [0.3, 0.4) is 0 Å². The van der Waals surface area contributed by atoms with Crippen molar-refractivity contribution in [2.45, 2.75) is 6.92 Å². The average molecular weight is 169 g/mol. The molecule has 0 fully saturated rings. The van der Waals surface area contributed by atoms with E-state index in [1.807, 2.05) is 11.8 Å². The first-order valence-electron chi connectivity index (χ1n) is 3.78. The zero-order valence-electron chi connectivity index (χ0n) is 7.67. The fraction of sp³-hybridized carbons (Fsp3) is 0.444. The topological polar surface area (TPSA) is 29.5 Å². The molecule has 0 aliphatic heterocycles. The van der Waals surface area contributed by atoms with Crippen LogP contribution < -0.4 is 0 Å². The Morgan fingerprint density at radius 2 is 2.25 bits per heavy atom. The molecule has 0 aromatic carbocycles. The zero-order valence-corrected chi connectivity index (χ0v) is 7.67. The molecule has 0 atom stereocenters. The molecule has 3 heteroatoms. The first-order valence-corrected chi connectivity index (χ1v) is 3.78. The van der Waals surface area contributed by atoms with Crippen LogP contribution in [0.4, 0.5) is 0 Å². The van der Waals surface area contributed by atoms with Crippen molar-refractivity contribution >= 4 is 5.97 Å². The molecule has 0 radical (unpaired) electrons. The molecule has 0 saturated carbocycles. The summed E-state index contributed by atoms with van der Waals surface area (Å²) in [5.41, 5.74) is 0.444. The maximum atomic E-state index is 10.9. The fourth-order valence-corrected chi connectivity index (χ4v) is 0.759. The Morgan fingerprint density at radius 1 is 1.67 bits per heavy atom. The van der Waals surface area contributed by atoms with E-state index < -0.39 is 0 Å². The third-order valence-corrected chi connectivity index (χ3v) is 1.53. The van der Waals surface area contributed by atoms with Gasteiger partial charge in [-0.2, -0.15) is 0 Å². The zero-order chi connectivity index (χ0) is 9.56. The molecule has 0 amide bonds. The molecular weight excluding hydrogens is 154 g/mol. The number of rotatable bonds is 5. The van der Waals surface area contributed by atoms with E-state index in [2.05, 4.69) is 17.9 Å². The summed E-state index contributed by atoms with van der Waals surface area (Å²) in [5, 5.41) is 0. The van der Waals surface area contributed by atoms with Gasteiger partial charge in [-0.15, -0.1) is 0 Å². The minimum atomic E-state index is -0.365. The van der Waals surface area contributed by atoms with Crippen LogP contribution in [-0.2, 0) is 9.53 Å². The summed E-state index contributed by atoms with van der Waals surface area (Å²) < 4.78 is 4.50. The third-order valence-electron chi connectivity index (χ3n) is 1.53. The van der Waals surface area contributed by atoms with Crippen molar-refractivity contribution in [2.24, 2.45) is 0 Å². The van der Waals surface area contributed by atoms with Gasteiger partial charge in [-0.25, -0.2) is 4.79 Å². The fourth-order valence-electron chi connectivity index (χ4n) is 0.759. The van der Waals surface area contributed by atoms with Crippen molar-refractivity contribution in [1.29, 1.82) is 0 Å². The number of methoxy groups -OCH3 is 1. The molecule has 0 unspecified atom stereocenters. The van der Waals surface area contributed by atoms with Crippen molar-refractivity contribution in [3.05, 3.63) is 24.9 Å². The Labute approximate surface area is 73.3 Å². The monoisotopic (exact) mass is 169 g/mol. The molecule has 0 aromatic heterocycles. The number of hydrogen-bond acceptors (Lipinski definition) is 3. The predicted molar refractivity (Wildman–Crippen MR) is 48.6 cm³/mol.